The van der Waals surface area contributed by atoms with Crippen molar-refractivity contribution in [3.05, 3.63) is 18.2 Å². The molecule has 1 aromatic rings. The second-order valence-electron chi connectivity index (χ2n) is 3.42. The molecule has 1 rings (SSSR count). The average molecular weight is 352 g/mol. The molecule has 0 fully saturated rings. The normalized spacial score (nSPS) is 12.3. The summed E-state index contributed by atoms with van der Waals surface area (Å²) in [4.78, 5) is 9.24. The molecule has 3 nitrogen and oxygen atoms in total. The van der Waals surface area contributed by atoms with Crippen molar-refractivity contribution in [3.63, 3.8) is 0 Å². The standard InChI is InChI=1S/C10H6F6O3S2/c11-9(12,13)20-6-1-5(19-4-8(17)18)2-7(3-6)21-10(14,15)16/h1-3H,4H2,(H,17,18). The summed E-state index contributed by atoms with van der Waals surface area (Å²) in [5, 5.41) is 8.39. The van der Waals surface area contributed by atoms with Gasteiger partial charge in [0.2, 0.25) is 0 Å². The van der Waals surface area contributed by atoms with Gasteiger partial charge in [-0.1, -0.05) is 0 Å². The average Bonchev–Trinajstić information content (AvgIpc) is 2.20. The molecule has 0 unspecified atom stereocenters. The number of carboxylic acid groups (broad SMARTS) is 1. The van der Waals surface area contributed by atoms with Gasteiger partial charge in [0.1, 0.15) is 5.75 Å². The van der Waals surface area contributed by atoms with Crippen molar-refractivity contribution in [1.82, 2.24) is 0 Å². The van der Waals surface area contributed by atoms with Crippen molar-refractivity contribution >= 4 is 29.5 Å². The summed E-state index contributed by atoms with van der Waals surface area (Å²) in [5.41, 5.74) is -9.38. The van der Waals surface area contributed by atoms with Gasteiger partial charge in [0.25, 0.3) is 0 Å². The Morgan fingerprint density at radius 2 is 1.43 bits per heavy atom. The minimum atomic E-state index is -4.69. The smallest absolute Gasteiger partial charge is 0.446 e. The van der Waals surface area contributed by atoms with Crippen molar-refractivity contribution in [2.24, 2.45) is 0 Å². The highest BCUT2D eigenvalue weighted by Gasteiger charge is 2.32. The zero-order valence-electron chi connectivity index (χ0n) is 9.79. The Balaban J connectivity index is 3.04. The topological polar surface area (TPSA) is 46.5 Å². The maximum Gasteiger partial charge on any atom is 0.446 e. The molecular weight excluding hydrogens is 346 g/mol. The van der Waals surface area contributed by atoms with Gasteiger partial charge in [-0.15, -0.1) is 0 Å². The molecular formula is C10H6F6O3S2. The van der Waals surface area contributed by atoms with E-state index in [-0.39, 0.29) is 0 Å². The van der Waals surface area contributed by atoms with E-state index in [1.54, 1.807) is 0 Å². The number of hydrogen-bond donors (Lipinski definition) is 1. The van der Waals surface area contributed by atoms with Gasteiger partial charge in [-0.3, -0.25) is 0 Å². The summed E-state index contributed by atoms with van der Waals surface area (Å²) in [6.45, 7) is -0.879. The molecule has 0 spiro atoms. The maximum atomic E-state index is 12.3. The van der Waals surface area contributed by atoms with Crippen molar-refractivity contribution < 1.29 is 41.0 Å². The van der Waals surface area contributed by atoms with Gasteiger partial charge in [0.15, 0.2) is 6.61 Å². The number of halogens is 6. The SMILES string of the molecule is O=C(O)COc1cc(SC(F)(F)F)cc(SC(F)(F)F)c1. The molecule has 0 saturated carbocycles. The molecule has 118 valence electrons. The third-order valence-electron chi connectivity index (χ3n) is 1.68. The molecule has 1 aromatic carbocycles. The Hall–Kier alpha value is -1.23. The quantitative estimate of drug-likeness (QED) is 0.630. The highest BCUT2D eigenvalue weighted by atomic mass is 32.2. The second kappa shape index (κ2) is 6.69. The van der Waals surface area contributed by atoms with Crippen LogP contribution in [0, 0.1) is 0 Å². The summed E-state index contributed by atoms with van der Waals surface area (Å²) in [5.74, 6) is -1.80. The van der Waals surface area contributed by atoms with Crippen LogP contribution in [0.2, 0.25) is 0 Å². The number of hydrogen-bond acceptors (Lipinski definition) is 4. The Morgan fingerprint density at radius 3 is 1.76 bits per heavy atom. The third kappa shape index (κ3) is 7.95. The van der Waals surface area contributed by atoms with Crippen LogP contribution in [0.25, 0.3) is 0 Å². The van der Waals surface area contributed by atoms with Crippen LogP contribution in [-0.2, 0) is 4.79 Å². The molecule has 0 bridgehead atoms. The predicted molar refractivity (Wildman–Crippen MR) is 63.4 cm³/mol. The number of benzene rings is 1. The molecule has 0 radical (unpaired) electrons. The van der Waals surface area contributed by atoms with E-state index in [1.807, 2.05) is 0 Å². The first-order chi connectivity index (χ1) is 9.44. The van der Waals surface area contributed by atoms with E-state index in [0.717, 1.165) is 12.1 Å². The fourth-order valence-corrected chi connectivity index (χ4v) is 2.49. The number of thioether (sulfide) groups is 2. The van der Waals surface area contributed by atoms with Crippen molar-refractivity contribution in [2.75, 3.05) is 6.61 Å². The zero-order chi connectivity index (χ0) is 16.3. The molecule has 1 N–H and O–H groups in total. The van der Waals surface area contributed by atoms with E-state index in [0.29, 0.717) is 6.07 Å². The van der Waals surface area contributed by atoms with Crippen LogP contribution in [0.15, 0.2) is 28.0 Å². The van der Waals surface area contributed by atoms with Crippen molar-refractivity contribution in [2.45, 2.75) is 20.8 Å². The van der Waals surface area contributed by atoms with Gasteiger partial charge >= 0.3 is 17.0 Å². The zero-order valence-corrected chi connectivity index (χ0v) is 11.4. The van der Waals surface area contributed by atoms with Crippen molar-refractivity contribution in [1.29, 1.82) is 0 Å². The summed E-state index contributed by atoms with van der Waals surface area (Å²) in [6, 6.07) is 2.34. The van der Waals surface area contributed by atoms with Crippen LogP contribution >= 0.6 is 23.5 Å². The van der Waals surface area contributed by atoms with Crippen LogP contribution in [0.1, 0.15) is 0 Å². The Labute approximate surface area is 122 Å². The number of aliphatic carboxylic acids is 1. The van der Waals surface area contributed by atoms with Crippen LogP contribution in [-0.4, -0.2) is 28.7 Å². The third-order valence-corrected chi connectivity index (χ3v) is 3.09. The molecule has 0 heterocycles. The van der Waals surface area contributed by atoms with Crippen LogP contribution in [0.5, 0.6) is 5.75 Å². The number of carbonyl (C=O) groups is 1. The molecule has 0 saturated heterocycles. The van der Waals surface area contributed by atoms with E-state index in [2.05, 4.69) is 4.74 Å². The van der Waals surface area contributed by atoms with E-state index < -0.39 is 62.7 Å². The molecule has 0 amide bonds. The second-order valence-corrected chi connectivity index (χ2v) is 5.70. The molecule has 0 aliphatic rings. The largest absolute Gasteiger partial charge is 0.482 e. The molecule has 0 atom stereocenters. The number of ether oxygens (including phenoxy) is 1. The Kier molecular flexibility index (Phi) is 5.68. The lowest BCUT2D eigenvalue weighted by Crippen LogP contribution is -2.09. The summed E-state index contributed by atoms with van der Waals surface area (Å²) in [6.07, 6.45) is 0. The lowest BCUT2D eigenvalue weighted by atomic mass is 10.3. The monoisotopic (exact) mass is 352 g/mol. The number of alkyl halides is 6. The van der Waals surface area contributed by atoms with Gasteiger partial charge in [-0.2, -0.15) is 26.3 Å². The van der Waals surface area contributed by atoms with Gasteiger partial charge < -0.3 is 9.84 Å². The fourth-order valence-electron chi connectivity index (χ4n) is 1.16. The predicted octanol–water partition coefficient (Wildman–Crippen LogP) is 4.37. The molecule has 21 heavy (non-hydrogen) atoms. The van der Waals surface area contributed by atoms with Crippen molar-refractivity contribution in [3.8, 4) is 5.75 Å². The van der Waals surface area contributed by atoms with Crippen LogP contribution in [0.3, 0.4) is 0 Å². The van der Waals surface area contributed by atoms with E-state index >= 15 is 0 Å². The van der Waals surface area contributed by atoms with Gasteiger partial charge in [0, 0.05) is 9.79 Å². The lowest BCUT2D eigenvalue weighted by molar-refractivity contribution is -0.139. The molecule has 0 aromatic heterocycles. The van der Waals surface area contributed by atoms with Gasteiger partial charge in [-0.05, 0) is 41.7 Å². The van der Waals surface area contributed by atoms with E-state index in [9.17, 15) is 31.1 Å². The highest BCUT2D eigenvalue weighted by Crippen LogP contribution is 2.43. The van der Waals surface area contributed by atoms with Gasteiger partial charge in [0.05, 0.1) is 0 Å². The van der Waals surface area contributed by atoms with E-state index in [4.69, 9.17) is 5.11 Å². The summed E-state index contributed by atoms with van der Waals surface area (Å²) in [7, 11) is 0. The summed E-state index contributed by atoms with van der Waals surface area (Å²) >= 11 is -1.24. The first-order valence-corrected chi connectivity index (χ1v) is 6.59. The molecule has 0 aliphatic heterocycles. The molecule has 11 heteroatoms. The first kappa shape index (κ1) is 17.8. The molecule has 0 aliphatic carbocycles. The Morgan fingerprint density at radius 1 is 1.00 bits per heavy atom. The first-order valence-electron chi connectivity index (χ1n) is 4.96. The minimum Gasteiger partial charge on any atom is -0.482 e. The Bertz CT molecular complexity index is 480. The highest BCUT2D eigenvalue weighted by molar-refractivity contribution is 8.01. The van der Waals surface area contributed by atoms with Gasteiger partial charge in [-0.25, -0.2) is 4.79 Å². The fraction of sp³-hybridized carbons (Fsp3) is 0.300. The lowest BCUT2D eigenvalue weighted by Gasteiger charge is -2.12. The maximum absolute atomic E-state index is 12.3. The minimum absolute atomic E-state index is 0.390. The summed E-state index contributed by atoms with van der Waals surface area (Å²) < 4.78 is 78.2. The van der Waals surface area contributed by atoms with E-state index in [1.165, 1.54) is 0 Å². The number of carboxylic acids is 1. The number of rotatable bonds is 5. The van der Waals surface area contributed by atoms with Crippen LogP contribution in [0.4, 0.5) is 26.3 Å². The van der Waals surface area contributed by atoms with Crippen LogP contribution < -0.4 is 4.74 Å².